The predicted molar refractivity (Wildman–Crippen MR) is 99.2 cm³/mol. The molecule has 3 aromatic rings. The molecule has 0 N–H and O–H groups in total. The number of benzene rings is 2. The van der Waals surface area contributed by atoms with Gasteiger partial charge in [0, 0.05) is 19.1 Å². The summed E-state index contributed by atoms with van der Waals surface area (Å²) in [6, 6.07) is 17.0. The molecule has 1 atom stereocenters. The number of aromatic nitrogens is 2. The van der Waals surface area contributed by atoms with Gasteiger partial charge in [0.1, 0.15) is 0 Å². The minimum absolute atomic E-state index is 0.0673. The summed E-state index contributed by atoms with van der Waals surface area (Å²) in [7, 11) is 0. The van der Waals surface area contributed by atoms with Crippen molar-refractivity contribution in [1.82, 2.24) is 14.5 Å². The van der Waals surface area contributed by atoms with Crippen LogP contribution < -0.4 is 0 Å². The van der Waals surface area contributed by atoms with Crippen LogP contribution in [0.25, 0.3) is 11.0 Å². The highest BCUT2D eigenvalue weighted by atomic mass is 19.4. The molecule has 0 amide bonds. The highest BCUT2D eigenvalue weighted by Crippen LogP contribution is 2.33. The summed E-state index contributed by atoms with van der Waals surface area (Å²) in [6.07, 6.45) is -1.43. The predicted octanol–water partition coefficient (Wildman–Crippen LogP) is 5.11. The second kappa shape index (κ2) is 7.35. The van der Waals surface area contributed by atoms with Gasteiger partial charge in [-0.25, -0.2) is 4.98 Å². The molecule has 27 heavy (non-hydrogen) atoms. The van der Waals surface area contributed by atoms with Crippen molar-refractivity contribution >= 4 is 11.0 Å². The fourth-order valence-electron chi connectivity index (χ4n) is 3.98. The summed E-state index contributed by atoms with van der Waals surface area (Å²) in [5, 5.41) is 0. The number of para-hydroxylation sites is 2. The van der Waals surface area contributed by atoms with E-state index < -0.39 is 12.0 Å². The molecular formula is C21H22F3N3. The first kappa shape index (κ1) is 18.0. The molecule has 1 aliphatic rings. The van der Waals surface area contributed by atoms with Crippen molar-refractivity contribution in [3.05, 3.63) is 66.0 Å². The molecule has 0 unspecified atom stereocenters. The van der Waals surface area contributed by atoms with E-state index in [0.29, 0.717) is 17.6 Å². The smallest absolute Gasteiger partial charge is 0.319 e. The highest BCUT2D eigenvalue weighted by molar-refractivity contribution is 5.76. The van der Waals surface area contributed by atoms with Gasteiger partial charge in [0.25, 0.3) is 0 Å². The van der Waals surface area contributed by atoms with E-state index in [1.165, 1.54) is 10.1 Å². The van der Waals surface area contributed by atoms with Gasteiger partial charge in [-0.15, -0.1) is 0 Å². The summed E-state index contributed by atoms with van der Waals surface area (Å²) in [5.74, 6) is -0.797. The van der Waals surface area contributed by atoms with E-state index in [4.69, 9.17) is 0 Å². The molecule has 142 valence electrons. The molecule has 0 spiro atoms. The average molecular weight is 373 g/mol. The van der Waals surface area contributed by atoms with Crippen molar-refractivity contribution in [2.24, 2.45) is 0 Å². The molecule has 3 nitrogen and oxygen atoms in total. The molecule has 2 aromatic carbocycles. The lowest BCUT2D eigenvalue weighted by atomic mass is 10.0. The third-order valence-corrected chi connectivity index (χ3v) is 5.28. The first-order valence-corrected chi connectivity index (χ1v) is 9.33. The minimum Gasteiger partial charge on any atom is -0.319 e. The van der Waals surface area contributed by atoms with Crippen molar-refractivity contribution in [2.45, 2.75) is 44.6 Å². The molecule has 2 heterocycles. The number of fused-ring (bicyclic) bond motifs is 1. The first-order valence-electron chi connectivity index (χ1n) is 9.33. The third-order valence-electron chi connectivity index (χ3n) is 5.28. The number of hydrogen-bond acceptors (Lipinski definition) is 2. The Labute approximate surface area is 156 Å². The molecule has 0 bridgehead atoms. The van der Waals surface area contributed by atoms with Crippen LogP contribution in [0.1, 0.15) is 30.7 Å². The summed E-state index contributed by atoms with van der Waals surface area (Å²) in [6.45, 7) is 1.98. The third kappa shape index (κ3) is 3.86. The zero-order valence-electron chi connectivity index (χ0n) is 15.0. The Bertz CT molecular complexity index is 902. The Hall–Kier alpha value is -2.34. The van der Waals surface area contributed by atoms with Crippen molar-refractivity contribution < 1.29 is 13.2 Å². The normalized spacial score (nSPS) is 18.9. The zero-order chi connectivity index (χ0) is 18.9. The fraction of sp³-hybridized carbons (Fsp3) is 0.381. The van der Waals surface area contributed by atoms with E-state index in [2.05, 4.69) is 22.0 Å². The van der Waals surface area contributed by atoms with Crippen LogP contribution in [0.15, 0.2) is 54.6 Å². The summed E-state index contributed by atoms with van der Waals surface area (Å²) >= 11 is 0. The molecule has 0 aliphatic carbocycles. The van der Waals surface area contributed by atoms with Gasteiger partial charge in [-0.05, 0) is 37.1 Å². The van der Waals surface area contributed by atoms with E-state index in [1.807, 2.05) is 18.2 Å². The first-order chi connectivity index (χ1) is 13.0. The Morgan fingerprint density at radius 1 is 0.963 bits per heavy atom. The standard InChI is InChI=1S/C21H22F3N3/c22-21(23,24)20-25-18-11-4-5-12-19(18)27(20)15-17-10-6-7-13-26(17)14-16-8-2-1-3-9-16/h1-5,8-9,11-12,17H,6-7,10,13-15H2/t17-/m1/s1. The minimum atomic E-state index is -4.46. The lowest BCUT2D eigenvalue weighted by Crippen LogP contribution is -2.42. The maximum atomic E-state index is 13.6. The van der Waals surface area contributed by atoms with Gasteiger partial charge in [-0.1, -0.05) is 48.9 Å². The number of alkyl halides is 3. The van der Waals surface area contributed by atoms with Crippen molar-refractivity contribution in [1.29, 1.82) is 0 Å². The second-order valence-electron chi connectivity index (χ2n) is 7.14. The van der Waals surface area contributed by atoms with Gasteiger partial charge in [0.15, 0.2) is 0 Å². The lowest BCUT2D eigenvalue weighted by molar-refractivity contribution is -0.147. The second-order valence-corrected chi connectivity index (χ2v) is 7.14. The van der Waals surface area contributed by atoms with E-state index >= 15 is 0 Å². The average Bonchev–Trinajstić information content (AvgIpc) is 3.03. The van der Waals surface area contributed by atoms with E-state index in [-0.39, 0.29) is 6.04 Å². The van der Waals surface area contributed by atoms with Crippen molar-refractivity contribution in [3.63, 3.8) is 0 Å². The summed E-state index contributed by atoms with van der Waals surface area (Å²) < 4.78 is 42.1. The maximum absolute atomic E-state index is 13.6. The van der Waals surface area contributed by atoms with Crippen molar-refractivity contribution in [2.75, 3.05) is 6.54 Å². The number of halogens is 3. The summed E-state index contributed by atoms with van der Waals surface area (Å²) in [5.41, 5.74) is 2.14. The van der Waals surface area contributed by atoms with E-state index in [0.717, 1.165) is 32.4 Å². The number of imidazole rings is 1. The summed E-state index contributed by atoms with van der Waals surface area (Å²) in [4.78, 5) is 6.19. The van der Waals surface area contributed by atoms with Crippen LogP contribution in [-0.4, -0.2) is 27.0 Å². The molecular weight excluding hydrogens is 351 g/mol. The molecule has 0 saturated carbocycles. The fourth-order valence-corrected chi connectivity index (χ4v) is 3.98. The van der Waals surface area contributed by atoms with Gasteiger partial charge in [0.05, 0.1) is 11.0 Å². The van der Waals surface area contributed by atoms with Crippen molar-refractivity contribution in [3.8, 4) is 0 Å². The van der Waals surface area contributed by atoms with E-state index in [9.17, 15) is 13.2 Å². The molecule has 1 fully saturated rings. The quantitative estimate of drug-likeness (QED) is 0.634. The Balaban J connectivity index is 1.65. The van der Waals surface area contributed by atoms with E-state index in [1.54, 1.807) is 24.3 Å². The largest absolute Gasteiger partial charge is 0.449 e. The monoisotopic (exact) mass is 373 g/mol. The Morgan fingerprint density at radius 2 is 1.70 bits per heavy atom. The van der Waals surface area contributed by atoms with Crippen LogP contribution in [0.4, 0.5) is 13.2 Å². The van der Waals surface area contributed by atoms with Gasteiger partial charge < -0.3 is 4.57 Å². The van der Waals surface area contributed by atoms with Crippen LogP contribution in [0.3, 0.4) is 0 Å². The zero-order valence-corrected chi connectivity index (χ0v) is 15.0. The number of rotatable bonds is 4. The molecule has 0 radical (unpaired) electrons. The number of nitrogens with zero attached hydrogens (tertiary/aromatic N) is 3. The molecule has 1 aromatic heterocycles. The van der Waals surface area contributed by atoms with Crippen LogP contribution in [0, 0.1) is 0 Å². The van der Waals surface area contributed by atoms with Crippen LogP contribution in [-0.2, 0) is 19.3 Å². The number of hydrogen-bond donors (Lipinski definition) is 0. The molecule has 6 heteroatoms. The maximum Gasteiger partial charge on any atom is 0.449 e. The molecule has 1 aliphatic heterocycles. The molecule has 1 saturated heterocycles. The number of piperidine rings is 1. The number of likely N-dealkylation sites (tertiary alicyclic amines) is 1. The van der Waals surface area contributed by atoms with Gasteiger partial charge in [0.2, 0.25) is 5.82 Å². The van der Waals surface area contributed by atoms with Gasteiger partial charge >= 0.3 is 6.18 Å². The van der Waals surface area contributed by atoms with Crippen LogP contribution in [0.2, 0.25) is 0 Å². The molecule has 4 rings (SSSR count). The van der Waals surface area contributed by atoms with Crippen LogP contribution in [0.5, 0.6) is 0 Å². The highest BCUT2D eigenvalue weighted by Gasteiger charge is 2.38. The van der Waals surface area contributed by atoms with Gasteiger partial charge in [-0.2, -0.15) is 13.2 Å². The topological polar surface area (TPSA) is 21.1 Å². The van der Waals surface area contributed by atoms with Gasteiger partial charge in [-0.3, -0.25) is 4.90 Å². The Kier molecular flexibility index (Phi) is 4.91. The SMILES string of the molecule is FC(F)(F)c1nc2ccccc2n1C[C@H]1CCCCN1Cc1ccccc1. The Morgan fingerprint density at radius 3 is 2.48 bits per heavy atom. The van der Waals surface area contributed by atoms with Crippen LogP contribution >= 0.6 is 0 Å². The lowest BCUT2D eigenvalue weighted by Gasteiger charge is -2.36.